The second-order valence-corrected chi connectivity index (χ2v) is 5.58. The van der Waals surface area contributed by atoms with Gasteiger partial charge in [-0.15, -0.1) is 0 Å². The molecule has 112 valence electrons. The molecule has 0 saturated heterocycles. The second-order valence-electron chi connectivity index (χ2n) is 5.58. The lowest BCUT2D eigenvalue weighted by molar-refractivity contribution is 0.311. The van der Waals surface area contributed by atoms with E-state index in [1.54, 1.807) is 0 Å². The molecule has 0 spiro atoms. The van der Waals surface area contributed by atoms with E-state index in [0.717, 1.165) is 18.2 Å². The number of nitrogens with zero attached hydrogens (tertiary/aromatic N) is 1. The lowest BCUT2D eigenvalue weighted by Gasteiger charge is -2.30. The van der Waals surface area contributed by atoms with Crippen LogP contribution in [0.1, 0.15) is 52.4 Å². The van der Waals surface area contributed by atoms with Crippen molar-refractivity contribution in [2.45, 2.75) is 58.4 Å². The van der Waals surface area contributed by atoms with Crippen LogP contribution in [0, 0.1) is 5.92 Å². The zero-order valence-electron chi connectivity index (χ0n) is 12.7. The number of hydrogen-bond acceptors (Lipinski definition) is 4. The summed E-state index contributed by atoms with van der Waals surface area (Å²) in [4.78, 5) is 4.49. The molecule has 0 radical (unpaired) electrons. The highest BCUT2D eigenvalue weighted by Crippen LogP contribution is 2.30. The van der Waals surface area contributed by atoms with Crippen LogP contribution in [-0.2, 0) is 0 Å². The number of hydrogen-bond donors (Lipinski definition) is 2. The Morgan fingerprint density at radius 2 is 2.05 bits per heavy atom. The van der Waals surface area contributed by atoms with Gasteiger partial charge in [0.15, 0.2) is 0 Å². The summed E-state index contributed by atoms with van der Waals surface area (Å²) in [7, 11) is 0. The average molecular weight is 277 g/mol. The minimum Gasteiger partial charge on any atom is -0.476 e. The van der Waals surface area contributed by atoms with Crippen molar-refractivity contribution in [1.29, 1.82) is 0 Å². The van der Waals surface area contributed by atoms with E-state index in [0.29, 0.717) is 24.2 Å². The first-order valence-electron chi connectivity index (χ1n) is 7.90. The molecule has 1 aromatic heterocycles. The zero-order valence-corrected chi connectivity index (χ0v) is 12.7. The smallest absolute Gasteiger partial charge is 0.239 e. The van der Waals surface area contributed by atoms with Crippen LogP contribution in [0.4, 0.5) is 11.5 Å². The third kappa shape index (κ3) is 3.78. The van der Waals surface area contributed by atoms with E-state index in [2.05, 4.69) is 17.2 Å². The first-order chi connectivity index (χ1) is 9.74. The molecule has 1 fully saturated rings. The lowest BCUT2D eigenvalue weighted by atomic mass is 9.83. The summed E-state index contributed by atoms with van der Waals surface area (Å²) < 4.78 is 5.46. The van der Waals surface area contributed by atoms with Gasteiger partial charge < -0.3 is 15.8 Å². The molecule has 1 aromatic rings. The summed E-state index contributed by atoms with van der Waals surface area (Å²) in [5.41, 5.74) is 6.47. The molecule has 2 rings (SSSR count). The number of nitrogen functional groups attached to an aromatic ring is 1. The monoisotopic (exact) mass is 277 g/mol. The topological polar surface area (TPSA) is 60.2 Å². The van der Waals surface area contributed by atoms with Crippen molar-refractivity contribution in [3.8, 4) is 5.88 Å². The minimum absolute atomic E-state index is 0.501. The van der Waals surface area contributed by atoms with E-state index in [1.165, 1.54) is 32.1 Å². The van der Waals surface area contributed by atoms with Crippen molar-refractivity contribution in [1.82, 2.24) is 4.98 Å². The fourth-order valence-electron chi connectivity index (χ4n) is 3.06. The Bertz CT molecular complexity index is 416. The molecule has 0 aliphatic heterocycles. The molecule has 1 aliphatic carbocycles. The molecule has 1 saturated carbocycles. The average Bonchev–Trinajstić information content (AvgIpc) is 2.49. The van der Waals surface area contributed by atoms with Gasteiger partial charge >= 0.3 is 0 Å². The van der Waals surface area contributed by atoms with Gasteiger partial charge in [0.25, 0.3) is 0 Å². The third-order valence-electron chi connectivity index (χ3n) is 4.16. The number of nitrogens with two attached hydrogens (primary N) is 1. The Kier molecular flexibility index (Phi) is 5.50. The zero-order chi connectivity index (χ0) is 14.4. The van der Waals surface area contributed by atoms with E-state index in [1.807, 2.05) is 19.1 Å². The Labute approximate surface area is 122 Å². The minimum atomic E-state index is 0.501. The second kappa shape index (κ2) is 7.36. The fraction of sp³-hybridized carbons (Fsp3) is 0.688. The number of anilines is 2. The molecule has 1 atom stereocenters. The van der Waals surface area contributed by atoms with E-state index >= 15 is 0 Å². The summed E-state index contributed by atoms with van der Waals surface area (Å²) in [6.07, 6.45) is 7.91. The fourth-order valence-corrected chi connectivity index (χ4v) is 3.06. The van der Waals surface area contributed by atoms with Crippen LogP contribution in [0.25, 0.3) is 0 Å². The molecular weight excluding hydrogens is 250 g/mol. The Morgan fingerprint density at radius 3 is 2.70 bits per heavy atom. The van der Waals surface area contributed by atoms with E-state index in [9.17, 15) is 0 Å². The first kappa shape index (κ1) is 14.9. The number of nitrogens with one attached hydrogen (secondary N) is 1. The summed E-state index contributed by atoms with van der Waals surface area (Å²) in [5.74, 6) is 2.18. The number of aromatic nitrogens is 1. The maximum absolute atomic E-state index is 5.87. The van der Waals surface area contributed by atoms with E-state index in [4.69, 9.17) is 10.5 Å². The van der Waals surface area contributed by atoms with E-state index < -0.39 is 0 Å². The maximum Gasteiger partial charge on any atom is 0.239 e. The Balaban J connectivity index is 2.04. The van der Waals surface area contributed by atoms with Crippen LogP contribution in [0.3, 0.4) is 0 Å². The van der Waals surface area contributed by atoms with Gasteiger partial charge in [-0.05, 0) is 44.2 Å². The van der Waals surface area contributed by atoms with Crippen molar-refractivity contribution >= 4 is 11.5 Å². The SMILES string of the molecule is CCOc1nc(NC(CC)C2CCCCC2)ccc1N. The molecule has 3 N–H and O–H groups in total. The van der Waals surface area contributed by atoms with E-state index in [-0.39, 0.29) is 0 Å². The molecule has 4 nitrogen and oxygen atoms in total. The normalized spacial score (nSPS) is 17.7. The van der Waals surface area contributed by atoms with Crippen molar-refractivity contribution < 1.29 is 4.74 Å². The van der Waals surface area contributed by atoms with Gasteiger partial charge in [-0.25, -0.2) is 0 Å². The first-order valence-corrected chi connectivity index (χ1v) is 7.90. The quantitative estimate of drug-likeness (QED) is 0.829. The van der Waals surface area contributed by atoms with Crippen molar-refractivity contribution in [2.75, 3.05) is 17.7 Å². The number of pyridine rings is 1. The van der Waals surface area contributed by atoms with Crippen molar-refractivity contribution in [3.05, 3.63) is 12.1 Å². The van der Waals surface area contributed by atoms with Crippen LogP contribution in [0.2, 0.25) is 0 Å². The third-order valence-corrected chi connectivity index (χ3v) is 4.16. The van der Waals surface area contributed by atoms with Crippen LogP contribution in [0.5, 0.6) is 5.88 Å². The van der Waals surface area contributed by atoms with Crippen LogP contribution >= 0.6 is 0 Å². The van der Waals surface area contributed by atoms with Gasteiger partial charge in [0.1, 0.15) is 5.82 Å². The summed E-state index contributed by atoms with van der Waals surface area (Å²) in [6, 6.07) is 4.32. The predicted octanol–water partition coefficient (Wildman–Crippen LogP) is 3.83. The Hall–Kier alpha value is -1.45. The standard InChI is InChI=1S/C16H27N3O/c1-3-14(12-8-6-5-7-9-12)18-15-11-10-13(17)16(19-15)20-4-2/h10-12,14H,3-9,17H2,1-2H3,(H,18,19). The molecular formula is C16H27N3O. The molecule has 0 bridgehead atoms. The van der Waals surface area contributed by atoms with Gasteiger partial charge in [-0.2, -0.15) is 4.98 Å². The summed E-state index contributed by atoms with van der Waals surface area (Å²) in [6.45, 7) is 4.77. The molecule has 0 amide bonds. The number of rotatable bonds is 6. The number of ether oxygens (including phenoxy) is 1. The van der Waals surface area contributed by atoms with Gasteiger partial charge in [0, 0.05) is 6.04 Å². The molecule has 0 aromatic carbocycles. The summed E-state index contributed by atoms with van der Waals surface area (Å²) in [5, 5.41) is 3.58. The largest absolute Gasteiger partial charge is 0.476 e. The van der Waals surface area contributed by atoms with Gasteiger partial charge in [0.2, 0.25) is 5.88 Å². The highest BCUT2D eigenvalue weighted by Gasteiger charge is 2.22. The molecule has 4 heteroatoms. The van der Waals surface area contributed by atoms with Crippen LogP contribution in [-0.4, -0.2) is 17.6 Å². The van der Waals surface area contributed by atoms with Gasteiger partial charge in [-0.1, -0.05) is 26.2 Å². The molecule has 1 aliphatic rings. The predicted molar refractivity (Wildman–Crippen MR) is 84.1 cm³/mol. The molecule has 20 heavy (non-hydrogen) atoms. The highest BCUT2D eigenvalue weighted by molar-refractivity contribution is 5.53. The van der Waals surface area contributed by atoms with Gasteiger partial charge in [-0.3, -0.25) is 0 Å². The van der Waals surface area contributed by atoms with Gasteiger partial charge in [0.05, 0.1) is 12.3 Å². The summed E-state index contributed by atoms with van der Waals surface area (Å²) >= 11 is 0. The molecule has 1 heterocycles. The van der Waals surface area contributed by atoms with Crippen LogP contribution in [0.15, 0.2) is 12.1 Å². The van der Waals surface area contributed by atoms with Crippen molar-refractivity contribution in [3.63, 3.8) is 0 Å². The lowest BCUT2D eigenvalue weighted by Crippen LogP contribution is -2.30. The maximum atomic E-state index is 5.87. The van der Waals surface area contributed by atoms with Crippen LogP contribution < -0.4 is 15.8 Å². The highest BCUT2D eigenvalue weighted by atomic mass is 16.5. The molecule has 1 unspecified atom stereocenters. The Morgan fingerprint density at radius 1 is 1.30 bits per heavy atom. The van der Waals surface area contributed by atoms with Crippen molar-refractivity contribution in [2.24, 2.45) is 5.92 Å².